The minimum atomic E-state index is -0.596. The van der Waals surface area contributed by atoms with Crippen LogP contribution in [0, 0.1) is 3.57 Å². The van der Waals surface area contributed by atoms with Crippen LogP contribution in [0.4, 0.5) is 0 Å². The molecule has 7 heteroatoms. The van der Waals surface area contributed by atoms with Crippen LogP contribution in [0.15, 0.2) is 0 Å². The van der Waals surface area contributed by atoms with Gasteiger partial charge in [-0.2, -0.15) is 5.10 Å². The third kappa shape index (κ3) is 1.86. The number of ether oxygens (including phenoxy) is 2. The molecule has 14 heavy (non-hydrogen) atoms. The van der Waals surface area contributed by atoms with Crippen LogP contribution >= 0.6 is 22.6 Å². The summed E-state index contributed by atoms with van der Waals surface area (Å²) in [6.07, 6.45) is 0. The van der Waals surface area contributed by atoms with Crippen molar-refractivity contribution in [3.8, 4) is 0 Å². The van der Waals surface area contributed by atoms with E-state index in [1.807, 2.05) is 22.6 Å². The van der Waals surface area contributed by atoms with Crippen LogP contribution in [0.2, 0.25) is 0 Å². The Balaban J connectivity index is 3.08. The highest BCUT2D eigenvalue weighted by Crippen LogP contribution is 2.15. The number of H-pyrrole nitrogens is 1. The van der Waals surface area contributed by atoms with Crippen LogP contribution in [-0.4, -0.2) is 36.4 Å². The number of hydrogen-bond acceptors (Lipinski definition) is 5. The third-order valence-electron chi connectivity index (χ3n) is 1.48. The zero-order chi connectivity index (χ0) is 10.7. The van der Waals surface area contributed by atoms with Gasteiger partial charge >= 0.3 is 11.9 Å². The van der Waals surface area contributed by atoms with Crippen LogP contribution in [0.25, 0.3) is 0 Å². The summed E-state index contributed by atoms with van der Waals surface area (Å²) in [5.41, 5.74) is 0.224. The van der Waals surface area contributed by atoms with Crippen molar-refractivity contribution in [3.63, 3.8) is 0 Å². The van der Waals surface area contributed by atoms with Crippen molar-refractivity contribution in [1.82, 2.24) is 10.2 Å². The molecule has 1 rings (SSSR count). The number of rotatable bonds is 2. The molecular weight excluding hydrogens is 303 g/mol. The second-order valence-corrected chi connectivity index (χ2v) is 3.32. The maximum atomic E-state index is 11.1. The lowest BCUT2D eigenvalue weighted by Gasteiger charge is -1.95. The van der Waals surface area contributed by atoms with Gasteiger partial charge in [-0.15, -0.1) is 0 Å². The Morgan fingerprint density at radius 3 is 2.36 bits per heavy atom. The van der Waals surface area contributed by atoms with Crippen LogP contribution in [0.5, 0.6) is 0 Å². The minimum absolute atomic E-state index is 0.0773. The molecule has 0 saturated heterocycles. The van der Waals surface area contributed by atoms with Gasteiger partial charge in [0.2, 0.25) is 0 Å². The first-order valence-corrected chi connectivity index (χ1v) is 4.60. The van der Waals surface area contributed by atoms with Gasteiger partial charge in [0, 0.05) is 0 Å². The van der Waals surface area contributed by atoms with E-state index in [4.69, 9.17) is 0 Å². The van der Waals surface area contributed by atoms with Gasteiger partial charge in [-0.25, -0.2) is 9.59 Å². The third-order valence-corrected chi connectivity index (χ3v) is 2.53. The van der Waals surface area contributed by atoms with E-state index in [1.165, 1.54) is 14.2 Å². The lowest BCUT2D eigenvalue weighted by Crippen LogP contribution is -2.06. The summed E-state index contributed by atoms with van der Waals surface area (Å²) in [6.45, 7) is 0. The Bertz CT molecular complexity index is 340. The average Bonchev–Trinajstić information content (AvgIpc) is 2.58. The van der Waals surface area contributed by atoms with E-state index in [1.54, 1.807) is 0 Å². The van der Waals surface area contributed by atoms with E-state index in [0.29, 0.717) is 3.57 Å². The van der Waals surface area contributed by atoms with E-state index >= 15 is 0 Å². The molecule has 0 aromatic carbocycles. The predicted octanol–water partition coefficient (Wildman–Crippen LogP) is 0.587. The van der Waals surface area contributed by atoms with E-state index in [-0.39, 0.29) is 11.4 Å². The summed E-state index contributed by atoms with van der Waals surface area (Å²) >= 11 is 1.82. The molecule has 1 aromatic heterocycles. The highest BCUT2D eigenvalue weighted by atomic mass is 127. The first-order chi connectivity index (χ1) is 6.61. The molecule has 0 radical (unpaired) electrons. The number of aromatic nitrogens is 2. The Morgan fingerprint density at radius 1 is 1.29 bits per heavy atom. The van der Waals surface area contributed by atoms with Crippen LogP contribution in [0.3, 0.4) is 0 Å². The topological polar surface area (TPSA) is 81.3 Å². The van der Waals surface area contributed by atoms with Crippen LogP contribution in [-0.2, 0) is 9.47 Å². The monoisotopic (exact) mass is 310 g/mol. The number of nitrogens with one attached hydrogen (secondary N) is 1. The summed E-state index contributed by atoms with van der Waals surface area (Å²) in [7, 11) is 2.49. The van der Waals surface area contributed by atoms with Crippen LogP contribution < -0.4 is 0 Å². The molecule has 76 valence electrons. The summed E-state index contributed by atoms with van der Waals surface area (Å²) in [5.74, 6) is -1.17. The maximum absolute atomic E-state index is 11.1. The second-order valence-electron chi connectivity index (χ2n) is 2.24. The highest BCUT2D eigenvalue weighted by molar-refractivity contribution is 14.1. The second kappa shape index (κ2) is 4.40. The molecular formula is C7H7IN2O4. The van der Waals surface area contributed by atoms with Crippen molar-refractivity contribution in [1.29, 1.82) is 0 Å². The fourth-order valence-electron chi connectivity index (χ4n) is 0.798. The van der Waals surface area contributed by atoms with E-state index < -0.39 is 11.9 Å². The van der Waals surface area contributed by atoms with Gasteiger partial charge in [0.15, 0.2) is 11.4 Å². The smallest absolute Gasteiger partial charge is 0.359 e. The van der Waals surface area contributed by atoms with Gasteiger partial charge in [0.05, 0.1) is 17.8 Å². The Morgan fingerprint density at radius 2 is 1.86 bits per heavy atom. The molecule has 0 atom stereocenters. The van der Waals surface area contributed by atoms with Gasteiger partial charge in [0.25, 0.3) is 0 Å². The number of carbonyl (C=O) groups excluding carboxylic acids is 2. The number of carbonyl (C=O) groups is 2. The quantitative estimate of drug-likeness (QED) is 0.638. The molecule has 0 unspecified atom stereocenters. The molecule has 0 amide bonds. The minimum Gasteiger partial charge on any atom is -0.464 e. The van der Waals surface area contributed by atoms with E-state index in [9.17, 15) is 9.59 Å². The fraction of sp³-hybridized carbons (Fsp3) is 0.286. The highest BCUT2D eigenvalue weighted by Gasteiger charge is 2.22. The largest absolute Gasteiger partial charge is 0.464 e. The molecule has 1 N–H and O–H groups in total. The maximum Gasteiger partial charge on any atom is 0.359 e. The molecule has 0 spiro atoms. The average molecular weight is 310 g/mol. The molecule has 0 fully saturated rings. The molecule has 1 heterocycles. The number of halogens is 1. The van der Waals surface area contributed by atoms with Crippen molar-refractivity contribution in [2.45, 2.75) is 0 Å². The summed E-state index contributed by atoms with van der Waals surface area (Å²) in [5, 5.41) is 6.05. The molecule has 1 aromatic rings. The molecule has 0 aliphatic heterocycles. The zero-order valence-electron chi connectivity index (χ0n) is 7.46. The van der Waals surface area contributed by atoms with E-state index in [0.717, 1.165) is 0 Å². The molecule has 0 aliphatic carbocycles. The van der Waals surface area contributed by atoms with Crippen molar-refractivity contribution in [2.24, 2.45) is 0 Å². The summed E-state index contributed by atoms with van der Waals surface area (Å²) in [4.78, 5) is 22.2. The standard InChI is InChI=1S/C7H7IN2O4/c1-13-6(11)4-3(8)5(10-9-4)7(12)14-2/h1-2H3,(H,9,10). The molecule has 6 nitrogen and oxygen atoms in total. The van der Waals surface area contributed by atoms with Crippen molar-refractivity contribution in [3.05, 3.63) is 15.0 Å². The lowest BCUT2D eigenvalue weighted by molar-refractivity contribution is 0.0588. The van der Waals surface area contributed by atoms with Crippen molar-refractivity contribution >= 4 is 34.5 Å². The lowest BCUT2D eigenvalue weighted by atomic mass is 10.3. The number of nitrogens with zero attached hydrogens (tertiary/aromatic N) is 1. The number of hydrogen-bond donors (Lipinski definition) is 1. The molecule has 0 aliphatic rings. The van der Waals surface area contributed by atoms with E-state index in [2.05, 4.69) is 19.7 Å². The first-order valence-electron chi connectivity index (χ1n) is 3.52. The van der Waals surface area contributed by atoms with Gasteiger partial charge in [-0.3, -0.25) is 5.10 Å². The Labute approximate surface area is 93.1 Å². The summed E-state index contributed by atoms with van der Waals surface area (Å²) < 4.78 is 9.33. The zero-order valence-corrected chi connectivity index (χ0v) is 9.62. The number of methoxy groups -OCH3 is 2. The van der Waals surface area contributed by atoms with Gasteiger partial charge < -0.3 is 9.47 Å². The Kier molecular flexibility index (Phi) is 3.44. The molecule has 0 saturated carbocycles. The predicted molar refractivity (Wildman–Crippen MR) is 54.0 cm³/mol. The Hall–Kier alpha value is -1.12. The van der Waals surface area contributed by atoms with Crippen molar-refractivity contribution in [2.75, 3.05) is 14.2 Å². The summed E-state index contributed by atoms with van der Waals surface area (Å²) in [6, 6.07) is 0. The van der Waals surface area contributed by atoms with Gasteiger partial charge in [-0.1, -0.05) is 0 Å². The molecule has 0 bridgehead atoms. The van der Waals surface area contributed by atoms with Gasteiger partial charge in [0.1, 0.15) is 0 Å². The number of aromatic amines is 1. The first kappa shape index (κ1) is 11.0. The fourth-order valence-corrected chi connectivity index (χ4v) is 1.48. The van der Waals surface area contributed by atoms with Crippen LogP contribution in [0.1, 0.15) is 21.0 Å². The van der Waals surface area contributed by atoms with Crippen molar-refractivity contribution < 1.29 is 19.1 Å². The SMILES string of the molecule is COC(=O)c1n[nH]c(C(=O)OC)c1I. The number of esters is 2. The van der Waals surface area contributed by atoms with Gasteiger partial charge in [-0.05, 0) is 22.6 Å². The normalized spacial score (nSPS) is 9.64.